The van der Waals surface area contributed by atoms with Gasteiger partial charge in [0.1, 0.15) is 11.3 Å². The monoisotopic (exact) mass is 394 g/mol. The Hall–Kier alpha value is 0.0600. The van der Waals surface area contributed by atoms with Gasteiger partial charge in [-0.15, -0.1) is 0 Å². The summed E-state index contributed by atoms with van der Waals surface area (Å²) >= 11 is 8.52. The molecule has 1 aliphatic carbocycles. The molecular formula is C14H20ClIN2O. The molecule has 0 bridgehead atoms. The first-order chi connectivity index (χ1) is 8.84. The molecule has 0 saturated heterocycles. The normalized spacial score (nSPS) is 17.6. The molecule has 0 aromatic carbocycles. The van der Waals surface area contributed by atoms with Crippen LogP contribution in [0.4, 0.5) is 0 Å². The number of rotatable bonds is 4. The fourth-order valence-electron chi connectivity index (χ4n) is 2.08. The molecule has 0 N–H and O–H groups in total. The molecule has 19 heavy (non-hydrogen) atoms. The molecular weight excluding hydrogens is 375 g/mol. The summed E-state index contributed by atoms with van der Waals surface area (Å²) in [6.07, 6.45) is 2.29. The molecule has 0 aliphatic heterocycles. The third-order valence-electron chi connectivity index (χ3n) is 3.17. The van der Waals surface area contributed by atoms with Gasteiger partial charge in [-0.2, -0.15) is 0 Å². The maximum absolute atomic E-state index is 6.27. The first-order valence-electron chi connectivity index (χ1n) is 6.69. The van der Waals surface area contributed by atoms with Crippen LogP contribution in [-0.2, 0) is 4.74 Å². The third kappa shape index (κ3) is 3.58. The topological polar surface area (TPSA) is 35.0 Å². The van der Waals surface area contributed by atoms with Crippen molar-refractivity contribution < 1.29 is 4.74 Å². The smallest absolute Gasteiger partial charge is 0.159 e. The molecule has 1 aromatic heterocycles. The molecule has 0 radical (unpaired) electrons. The minimum absolute atomic E-state index is 0.0487. The first-order valence-corrected chi connectivity index (χ1v) is 8.14. The molecule has 0 spiro atoms. The number of aromatic nitrogens is 2. The van der Waals surface area contributed by atoms with Crippen LogP contribution in [0.2, 0.25) is 5.15 Å². The number of halogens is 2. The summed E-state index contributed by atoms with van der Waals surface area (Å²) in [5.41, 5.74) is 1.05. The lowest BCUT2D eigenvalue weighted by Crippen LogP contribution is -2.24. The number of hydrogen-bond donors (Lipinski definition) is 0. The Kier molecular flexibility index (Phi) is 4.73. The van der Waals surface area contributed by atoms with E-state index < -0.39 is 0 Å². The van der Waals surface area contributed by atoms with Crippen molar-refractivity contribution in [3.8, 4) is 0 Å². The van der Waals surface area contributed by atoms with Gasteiger partial charge >= 0.3 is 0 Å². The molecule has 0 amide bonds. The molecule has 1 unspecified atom stereocenters. The van der Waals surface area contributed by atoms with E-state index >= 15 is 0 Å². The van der Waals surface area contributed by atoms with E-state index in [1.165, 1.54) is 12.8 Å². The van der Waals surface area contributed by atoms with E-state index in [-0.39, 0.29) is 11.5 Å². The van der Waals surface area contributed by atoms with E-state index in [1.54, 1.807) is 0 Å². The molecule has 1 heterocycles. The minimum Gasteiger partial charge on any atom is -0.370 e. The van der Waals surface area contributed by atoms with Crippen molar-refractivity contribution in [2.24, 2.45) is 5.41 Å². The molecule has 1 aromatic rings. The number of nitrogens with zero attached hydrogens (tertiary/aromatic N) is 2. The Morgan fingerprint density at radius 3 is 2.47 bits per heavy atom. The van der Waals surface area contributed by atoms with Crippen LogP contribution in [0.1, 0.15) is 64.1 Å². The zero-order chi connectivity index (χ0) is 14.2. The largest absolute Gasteiger partial charge is 0.370 e. The molecule has 1 saturated carbocycles. The lowest BCUT2D eigenvalue weighted by atomic mass is 9.88. The zero-order valence-electron chi connectivity index (χ0n) is 11.8. The van der Waals surface area contributed by atoms with E-state index in [0.717, 1.165) is 15.1 Å². The van der Waals surface area contributed by atoms with Crippen LogP contribution in [0.15, 0.2) is 0 Å². The van der Waals surface area contributed by atoms with Crippen molar-refractivity contribution in [2.45, 2.75) is 52.6 Å². The van der Waals surface area contributed by atoms with Crippen molar-refractivity contribution in [3.63, 3.8) is 0 Å². The van der Waals surface area contributed by atoms with Crippen molar-refractivity contribution in [3.05, 3.63) is 20.2 Å². The van der Waals surface area contributed by atoms with Gasteiger partial charge in [-0.1, -0.05) is 32.4 Å². The Labute approximate surface area is 133 Å². The maximum atomic E-state index is 6.27. The molecule has 5 heteroatoms. The van der Waals surface area contributed by atoms with Crippen LogP contribution >= 0.6 is 34.2 Å². The van der Waals surface area contributed by atoms with E-state index in [2.05, 4.69) is 48.3 Å². The lowest BCUT2D eigenvalue weighted by molar-refractivity contribution is -0.0192. The van der Waals surface area contributed by atoms with Crippen molar-refractivity contribution in [1.29, 1.82) is 0 Å². The third-order valence-corrected chi connectivity index (χ3v) is 4.83. The fraction of sp³-hybridized carbons (Fsp3) is 0.714. The Morgan fingerprint density at radius 1 is 1.37 bits per heavy atom. The highest BCUT2D eigenvalue weighted by atomic mass is 127. The van der Waals surface area contributed by atoms with Gasteiger partial charge in [0.05, 0.1) is 9.26 Å². The highest BCUT2D eigenvalue weighted by Gasteiger charge is 2.34. The average molecular weight is 395 g/mol. The second kappa shape index (κ2) is 5.82. The summed E-state index contributed by atoms with van der Waals surface area (Å²) in [6, 6.07) is 0. The van der Waals surface area contributed by atoms with Crippen LogP contribution < -0.4 is 0 Å². The summed E-state index contributed by atoms with van der Waals surface area (Å²) < 4.78 is 6.85. The lowest BCUT2D eigenvalue weighted by Gasteiger charge is -2.29. The SMILES string of the molecule is CCOC(c1nc(Cl)c(I)c(C2CC2)n1)C(C)(C)C. The van der Waals surface area contributed by atoms with Crippen LogP contribution in [-0.4, -0.2) is 16.6 Å². The van der Waals surface area contributed by atoms with E-state index in [0.29, 0.717) is 17.7 Å². The Bertz CT molecular complexity index is 469. The fourth-order valence-corrected chi connectivity index (χ4v) is 2.94. The van der Waals surface area contributed by atoms with Crippen LogP contribution in [0.3, 0.4) is 0 Å². The summed E-state index contributed by atoms with van der Waals surface area (Å²) in [4.78, 5) is 9.20. The standard InChI is InChI=1S/C14H20ClIN2O/c1-5-19-11(14(2,3)4)13-17-10(8-6-7-8)9(16)12(15)18-13/h8,11H,5-7H2,1-4H3. The highest BCUT2D eigenvalue weighted by molar-refractivity contribution is 14.1. The van der Waals surface area contributed by atoms with Gasteiger partial charge in [0.25, 0.3) is 0 Å². The van der Waals surface area contributed by atoms with Crippen molar-refractivity contribution >= 4 is 34.2 Å². The second-order valence-electron chi connectivity index (χ2n) is 6.05. The number of hydrogen-bond acceptors (Lipinski definition) is 3. The highest BCUT2D eigenvalue weighted by Crippen LogP contribution is 2.43. The van der Waals surface area contributed by atoms with Crippen molar-refractivity contribution in [2.75, 3.05) is 6.61 Å². The molecule has 1 aliphatic rings. The van der Waals surface area contributed by atoms with Gasteiger partial charge in [0, 0.05) is 12.5 Å². The molecule has 1 atom stereocenters. The van der Waals surface area contributed by atoms with Gasteiger partial charge in [-0.25, -0.2) is 9.97 Å². The van der Waals surface area contributed by atoms with Crippen LogP contribution in [0, 0.1) is 8.99 Å². The summed E-state index contributed by atoms with van der Waals surface area (Å²) in [7, 11) is 0. The molecule has 2 rings (SSSR count). The number of ether oxygens (including phenoxy) is 1. The predicted octanol–water partition coefficient (Wildman–Crippen LogP) is 4.74. The molecule has 106 valence electrons. The second-order valence-corrected chi connectivity index (χ2v) is 7.48. The van der Waals surface area contributed by atoms with Gasteiger partial charge in [0.2, 0.25) is 0 Å². The van der Waals surface area contributed by atoms with E-state index in [1.807, 2.05) is 6.92 Å². The average Bonchev–Trinajstić information content (AvgIpc) is 3.12. The van der Waals surface area contributed by atoms with Gasteiger partial charge in [-0.05, 0) is 47.8 Å². The summed E-state index contributed by atoms with van der Waals surface area (Å²) in [5.74, 6) is 1.29. The van der Waals surface area contributed by atoms with E-state index in [4.69, 9.17) is 21.3 Å². The van der Waals surface area contributed by atoms with Crippen LogP contribution in [0.5, 0.6) is 0 Å². The van der Waals surface area contributed by atoms with Gasteiger partial charge in [-0.3, -0.25) is 0 Å². The Morgan fingerprint density at radius 2 is 2.00 bits per heavy atom. The van der Waals surface area contributed by atoms with Gasteiger partial charge in [0.15, 0.2) is 5.82 Å². The minimum atomic E-state index is -0.121. The summed E-state index contributed by atoms with van der Waals surface area (Å²) in [5, 5.41) is 0.557. The van der Waals surface area contributed by atoms with Crippen molar-refractivity contribution in [1.82, 2.24) is 9.97 Å². The predicted molar refractivity (Wildman–Crippen MR) is 85.6 cm³/mol. The van der Waals surface area contributed by atoms with Crippen LogP contribution in [0.25, 0.3) is 0 Å². The molecule has 3 nitrogen and oxygen atoms in total. The Balaban J connectivity index is 2.42. The zero-order valence-corrected chi connectivity index (χ0v) is 14.7. The quantitative estimate of drug-likeness (QED) is 0.547. The molecule has 1 fully saturated rings. The van der Waals surface area contributed by atoms with E-state index in [9.17, 15) is 0 Å². The summed E-state index contributed by atoms with van der Waals surface area (Å²) in [6.45, 7) is 9.06. The first kappa shape index (κ1) is 15.4. The van der Waals surface area contributed by atoms with Gasteiger partial charge < -0.3 is 4.74 Å². The maximum Gasteiger partial charge on any atom is 0.159 e.